The molecule has 0 saturated heterocycles. The van der Waals surface area contributed by atoms with Gasteiger partial charge in [-0.3, -0.25) is 4.79 Å². The first kappa shape index (κ1) is 15.2. The molecule has 0 radical (unpaired) electrons. The summed E-state index contributed by atoms with van der Waals surface area (Å²) in [7, 11) is 0. The van der Waals surface area contributed by atoms with Crippen LogP contribution in [-0.2, 0) is 6.18 Å². The summed E-state index contributed by atoms with van der Waals surface area (Å²) in [5.74, 6) is -1.31. The third kappa shape index (κ3) is 3.12. The number of carbonyl (C=O) groups excluding carboxylic acids is 1. The molecule has 0 aromatic heterocycles. The topological polar surface area (TPSA) is 17.1 Å². The summed E-state index contributed by atoms with van der Waals surface area (Å²) in [4.78, 5) is 12.2. The average Bonchev–Trinajstić information content (AvgIpc) is 2.36. The van der Waals surface area contributed by atoms with Crippen LogP contribution in [0.15, 0.2) is 36.4 Å². The van der Waals surface area contributed by atoms with Gasteiger partial charge < -0.3 is 0 Å². The molecular weight excluding hydrogens is 284 g/mol. The zero-order valence-corrected chi connectivity index (χ0v) is 11.4. The number of hydrogen-bond donors (Lipinski definition) is 0. The van der Waals surface area contributed by atoms with Crippen molar-refractivity contribution in [3.63, 3.8) is 0 Å². The molecule has 110 valence electrons. The summed E-state index contributed by atoms with van der Waals surface area (Å²) >= 11 is 0. The number of carbonyl (C=O) groups is 1. The Kier molecular flexibility index (Phi) is 3.85. The maximum Gasteiger partial charge on any atom is 0.416 e. The second-order valence-electron chi connectivity index (χ2n) is 4.84. The van der Waals surface area contributed by atoms with E-state index in [0.29, 0.717) is 5.56 Å². The molecule has 0 aliphatic carbocycles. The minimum absolute atomic E-state index is 0.0609. The molecule has 0 N–H and O–H groups in total. The maximum atomic E-state index is 13.8. The standard InChI is InChI=1S/C16H12F4O/c1-9-3-5-13(14(17)7-9)15(21)12-6-4-11(8-10(12)2)16(18,19)20/h3-8H,1-2H3. The van der Waals surface area contributed by atoms with Crippen molar-refractivity contribution in [3.8, 4) is 0 Å². The number of rotatable bonds is 2. The van der Waals surface area contributed by atoms with Gasteiger partial charge in [-0.15, -0.1) is 0 Å². The highest BCUT2D eigenvalue weighted by atomic mass is 19.4. The Morgan fingerprint density at radius 2 is 1.57 bits per heavy atom. The first-order valence-electron chi connectivity index (χ1n) is 6.19. The fourth-order valence-electron chi connectivity index (χ4n) is 2.04. The van der Waals surface area contributed by atoms with Crippen LogP contribution in [0, 0.1) is 19.7 Å². The zero-order chi connectivity index (χ0) is 15.8. The highest BCUT2D eigenvalue weighted by Gasteiger charge is 2.31. The number of halogens is 4. The van der Waals surface area contributed by atoms with Crippen LogP contribution in [0.2, 0.25) is 0 Å². The Bertz CT molecular complexity index is 702. The van der Waals surface area contributed by atoms with Crippen molar-refractivity contribution in [3.05, 3.63) is 70.0 Å². The number of hydrogen-bond acceptors (Lipinski definition) is 1. The minimum Gasteiger partial charge on any atom is -0.288 e. The lowest BCUT2D eigenvalue weighted by atomic mass is 9.96. The molecule has 0 aliphatic heterocycles. The second kappa shape index (κ2) is 5.31. The monoisotopic (exact) mass is 296 g/mol. The SMILES string of the molecule is Cc1ccc(C(=O)c2ccc(C(F)(F)F)cc2C)c(F)c1. The quantitative estimate of drug-likeness (QED) is 0.580. The van der Waals surface area contributed by atoms with Gasteiger partial charge in [0.15, 0.2) is 5.78 Å². The average molecular weight is 296 g/mol. The molecule has 1 nitrogen and oxygen atoms in total. The first-order chi connectivity index (χ1) is 9.70. The van der Waals surface area contributed by atoms with E-state index in [9.17, 15) is 22.4 Å². The fraction of sp³-hybridized carbons (Fsp3) is 0.188. The molecular formula is C16H12F4O. The summed E-state index contributed by atoms with van der Waals surface area (Å²) in [6.45, 7) is 3.08. The smallest absolute Gasteiger partial charge is 0.288 e. The van der Waals surface area contributed by atoms with Crippen molar-refractivity contribution in [1.29, 1.82) is 0 Å². The van der Waals surface area contributed by atoms with Gasteiger partial charge in [0.1, 0.15) is 5.82 Å². The Labute approximate surface area is 119 Å². The normalized spacial score (nSPS) is 11.5. The molecule has 5 heteroatoms. The van der Waals surface area contributed by atoms with Gasteiger partial charge in [0.05, 0.1) is 11.1 Å². The number of ketones is 1. The molecule has 0 fully saturated rings. The van der Waals surface area contributed by atoms with Crippen molar-refractivity contribution in [2.75, 3.05) is 0 Å². The molecule has 2 aromatic rings. The van der Waals surface area contributed by atoms with Crippen molar-refractivity contribution >= 4 is 5.78 Å². The van der Waals surface area contributed by atoms with Crippen molar-refractivity contribution in [2.45, 2.75) is 20.0 Å². The van der Waals surface area contributed by atoms with Crippen molar-refractivity contribution in [2.24, 2.45) is 0 Å². The molecule has 0 saturated carbocycles. The Morgan fingerprint density at radius 1 is 0.952 bits per heavy atom. The van der Waals surface area contributed by atoms with Crippen molar-refractivity contribution in [1.82, 2.24) is 0 Å². The van der Waals surface area contributed by atoms with Gasteiger partial charge in [-0.05, 0) is 49.2 Å². The highest BCUT2D eigenvalue weighted by Crippen LogP contribution is 2.31. The number of alkyl halides is 3. The third-order valence-electron chi connectivity index (χ3n) is 3.17. The van der Waals surface area contributed by atoms with Crippen LogP contribution < -0.4 is 0 Å². The highest BCUT2D eigenvalue weighted by molar-refractivity contribution is 6.10. The fourth-order valence-corrected chi connectivity index (χ4v) is 2.04. The molecule has 21 heavy (non-hydrogen) atoms. The minimum atomic E-state index is -4.47. The predicted octanol–water partition coefficient (Wildman–Crippen LogP) is 4.69. The van der Waals surface area contributed by atoms with E-state index < -0.39 is 23.3 Å². The lowest BCUT2D eigenvalue weighted by molar-refractivity contribution is -0.137. The van der Waals surface area contributed by atoms with Gasteiger partial charge in [-0.25, -0.2) is 4.39 Å². The van der Waals surface area contributed by atoms with E-state index in [1.54, 1.807) is 13.0 Å². The Morgan fingerprint density at radius 3 is 2.10 bits per heavy atom. The molecule has 2 aromatic carbocycles. The van der Waals surface area contributed by atoms with Gasteiger partial charge in [0.2, 0.25) is 0 Å². The van der Waals surface area contributed by atoms with E-state index >= 15 is 0 Å². The van der Waals surface area contributed by atoms with Crippen LogP contribution in [0.1, 0.15) is 32.6 Å². The predicted molar refractivity (Wildman–Crippen MR) is 70.8 cm³/mol. The van der Waals surface area contributed by atoms with Crippen LogP contribution in [-0.4, -0.2) is 5.78 Å². The summed E-state index contributed by atoms with van der Waals surface area (Å²) in [5, 5.41) is 0. The third-order valence-corrected chi connectivity index (χ3v) is 3.17. The Balaban J connectivity index is 2.45. The van der Waals surface area contributed by atoms with Crippen LogP contribution in [0.4, 0.5) is 17.6 Å². The van der Waals surface area contributed by atoms with Gasteiger partial charge in [0, 0.05) is 5.56 Å². The lowest BCUT2D eigenvalue weighted by Gasteiger charge is -2.11. The van der Waals surface area contributed by atoms with E-state index in [-0.39, 0.29) is 16.7 Å². The van der Waals surface area contributed by atoms with Gasteiger partial charge >= 0.3 is 6.18 Å². The van der Waals surface area contributed by atoms with Crippen molar-refractivity contribution < 1.29 is 22.4 Å². The molecule has 2 rings (SSSR count). The van der Waals surface area contributed by atoms with Crippen LogP contribution in [0.5, 0.6) is 0 Å². The molecule has 0 heterocycles. The van der Waals surface area contributed by atoms with Gasteiger partial charge in [-0.2, -0.15) is 13.2 Å². The number of benzene rings is 2. The van der Waals surface area contributed by atoms with Crippen LogP contribution in [0.3, 0.4) is 0 Å². The summed E-state index contributed by atoms with van der Waals surface area (Å²) in [5.41, 5.74) is -0.0990. The molecule has 0 spiro atoms. The molecule has 0 unspecified atom stereocenters. The molecule has 0 atom stereocenters. The number of aryl methyl sites for hydroxylation is 2. The van der Waals surface area contributed by atoms with E-state index in [4.69, 9.17) is 0 Å². The molecule has 0 bridgehead atoms. The van der Waals surface area contributed by atoms with Gasteiger partial charge in [-0.1, -0.05) is 12.1 Å². The van der Waals surface area contributed by atoms with E-state index in [1.807, 2.05) is 0 Å². The largest absolute Gasteiger partial charge is 0.416 e. The molecule has 0 amide bonds. The first-order valence-corrected chi connectivity index (χ1v) is 6.19. The maximum absolute atomic E-state index is 13.8. The Hall–Kier alpha value is -2.17. The zero-order valence-electron chi connectivity index (χ0n) is 11.4. The van der Waals surface area contributed by atoms with Crippen LogP contribution >= 0.6 is 0 Å². The second-order valence-corrected chi connectivity index (χ2v) is 4.84. The summed E-state index contributed by atoms with van der Waals surface area (Å²) < 4.78 is 51.5. The van der Waals surface area contributed by atoms with E-state index in [2.05, 4.69) is 0 Å². The van der Waals surface area contributed by atoms with E-state index in [1.165, 1.54) is 19.1 Å². The lowest BCUT2D eigenvalue weighted by Crippen LogP contribution is -2.10. The van der Waals surface area contributed by atoms with Crippen LogP contribution in [0.25, 0.3) is 0 Å². The molecule has 0 aliphatic rings. The van der Waals surface area contributed by atoms with Gasteiger partial charge in [0.25, 0.3) is 0 Å². The van der Waals surface area contributed by atoms with E-state index in [0.717, 1.165) is 18.2 Å². The summed E-state index contributed by atoms with van der Waals surface area (Å²) in [6, 6.07) is 6.93. The summed E-state index contributed by atoms with van der Waals surface area (Å²) in [6.07, 6.45) is -4.47.